The number of allylic oxidation sites excluding steroid dienone is 1. The van der Waals surface area contributed by atoms with Crippen molar-refractivity contribution >= 4 is 34.9 Å². The third-order valence-electron chi connectivity index (χ3n) is 6.21. The molecule has 4 rings (SSSR count). The molecule has 2 aromatic carbocycles. The zero-order valence-electron chi connectivity index (χ0n) is 17.8. The number of nitrogens with one attached hydrogen (secondary N) is 1. The van der Waals surface area contributed by atoms with Gasteiger partial charge < -0.3 is 15.3 Å². The highest BCUT2D eigenvalue weighted by Gasteiger charge is 2.42. The SMILES string of the molecule is C/C(O)=C1\C(=O)c2c(Cl)cccc2N(C2CCCC(CNC(=O)c3ccccc3)C2)C1=O. The molecular weight excluding hydrogens is 428 g/mol. The molecule has 2 aliphatic rings. The van der Waals surface area contributed by atoms with Crippen molar-refractivity contribution in [1.82, 2.24) is 5.32 Å². The van der Waals surface area contributed by atoms with Crippen LogP contribution in [-0.4, -0.2) is 35.3 Å². The number of Topliss-reactive ketones (excluding diaryl/α,β-unsaturated/α-hetero) is 1. The zero-order chi connectivity index (χ0) is 22.8. The molecule has 2 amide bonds. The Hall–Kier alpha value is -3.12. The third kappa shape index (κ3) is 4.15. The lowest BCUT2D eigenvalue weighted by molar-refractivity contribution is -0.115. The Morgan fingerprint density at radius 3 is 2.59 bits per heavy atom. The number of fused-ring (bicyclic) bond motifs is 1. The molecule has 7 heteroatoms. The molecule has 1 aliphatic carbocycles. The first kappa shape index (κ1) is 22.1. The summed E-state index contributed by atoms with van der Waals surface area (Å²) < 4.78 is 0. The molecule has 2 N–H and O–H groups in total. The summed E-state index contributed by atoms with van der Waals surface area (Å²) >= 11 is 6.32. The number of amides is 2. The second kappa shape index (κ2) is 9.17. The first-order chi connectivity index (χ1) is 15.4. The van der Waals surface area contributed by atoms with Gasteiger partial charge in [0.2, 0.25) is 5.78 Å². The van der Waals surface area contributed by atoms with Crippen LogP contribution in [0.2, 0.25) is 5.02 Å². The van der Waals surface area contributed by atoms with Gasteiger partial charge in [-0.05, 0) is 56.4 Å². The third-order valence-corrected chi connectivity index (χ3v) is 6.52. The zero-order valence-corrected chi connectivity index (χ0v) is 18.6. The van der Waals surface area contributed by atoms with Crippen molar-refractivity contribution in [2.24, 2.45) is 5.92 Å². The van der Waals surface area contributed by atoms with Gasteiger partial charge >= 0.3 is 0 Å². The number of benzene rings is 2. The monoisotopic (exact) mass is 452 g/mol. The van der Waals surface area contributed by atoms with E-state index in [1.807, 2.05) is 18.2 Å². The minimum atomic E-state index is -0.547. The summed E-state index contributed by atoms with van der Waals surface area (Å²) in [5, 5.41) is 13.3. The van der Waals surface area contributed by atoms with Gasteiger partial charge in [-0.3, -0.25) is 14.4 Å². The molecule has 1 saturated carbocycles. The number of carbonyl (C=O) groups excluding carboxylic acids is 3. The van der Waals surface area contributed by atoms with Crippen LogP contribution in [0.25, 0.3) is 0 Å². The molecule has 1 aliphatic heterocycles. The second-order valence-corrected chi connectivity index (χ2v) is 8.77. The number of halogens is 1. The fraction of sp³-hybridized carbons (Fsp3) is 0.320. The maximum atomic E-state index is 13.3. The normalized spacial score (nSPS) is 22.4. The fourth-order valence-corrected chi connectivity index (χ4v) is 4.94. The highest BCUT2D eigenvalue weighted by Crippen LogP contribution is 2.40. The molecule has 166 valence electrons. The van der Waals surface area contributed by atoms with Gasteiger partial charge in [0.1, 0.15) is 11.3 Å². The molecule has 1 fully saturated rings. The minimum Gasteiger partial charge on any atom is -0.512 e. The largest absolute Gasteiger partial charge is 0.512 e. The van der Waals surface area contributed by atoms with Gasteiger partial charge in [0, 0.05) is 18.2 Å². The molecule has 2 aromatic rings. The Morgan fingerprint density at radius 1 is 1.12 bits per heavy atom. The maximum absolute atomic E-state index is 13.3. The van der Waals surface area contributed by atoms with Gasteiger partial charge in [0.25, 0.3) is 11.8 Å². The van der Waals surface area contributed by atoms with Crippen molar-refractivity contribution < 1.29 is 19.5 Å². The van der Waals surface area contributed by atoms with Crippen LogP contribution in [-0.2, 0) is 4.79 Å². The molecule has 0 saturated heterocycles. The lowest BCUT2D eigenvalue weighted by Gasteiger charge is -2.40. The fourth-order valence-electron chi connectivity index (χ4n) is 4.68. The molecule has 32 heavy (non-hydrogen) atoms. The molecule has 1 heterocycles. The molecule has 2 atom stereocenters. The minimum absolute atomic E-state index is 0.120. The van der Waals surface area contributed by atoms with E-state index in [1.165, 1.54) is 6.92 Å². The van der Waals surface area contributed by atoms with Gasteiger partial charge in [-0.2, -0.15) is 0 Å². The molecule has 0 bridgehead atoms. The Kier molecular flexibility index (Phi) is 6.33. The highest BCUT2D eigenvalue weighted by atomic mass is 35.5. The Bertz CT molecular complexity index is 1090. The highest BCUT2D eigenvalue weighted by molar-refractivity contribution is 6.42. The number of nitrogens with zero attached hydrogens (tertiary/aromatic N) is 1. The predicted octanol–water partition coefficient (Wildman–Crippen LogP) is 4.69. The Morgan fingerprint density at radius 2 is 1.88 bits per heavy atom. The summed E-state index contributed by atoms with van der Waals surface area (Å²) in [6, 6.07) is 14.0. The van der Waals surface area contributed by atoms with Crippen LogP contribution in [0.3, 0.4) is 0 Å². The smallest absolute Gasteiger partial charge is 0.265 e. The second-order valence-electron chi connectivity index (χ2n) is 8.36. The average molecular weight is 453 g/mol. The lowest BCUT2D eigenvalue weighted by atomic mass is 9.82. The van der Waals surface area contributed by atoms with Crippen LogP contribution in [0.15, 0.2) is 59.9 Å². The lowest BCUT2D eigenvalue weighted by Crippen LogP contribution is -2.49. The number of aliphatic hydroxyl groups is 1. The van der Waals surface area contributed by atoms with Crippen LogP contribution >= 0.6 is 11.6 Å². The van der Waals surface area contributed by atoms with Crippen molar-refractivity contribution in [1.29, 1.82) is 0 Å². The maximum Gasteiger partial charge on any atom is 0.265 e. The Balaban J connectivity index is 1.56. The van der Waals surface area contributed by atoms with Crippen LogP contribution in [0, 0.1) is 5.92 Å². The van der Waals surface area contributed by atoms with Crippen LogP contribution < -0.4 is 10.2 Å². The molecular formula is C25H25ClN2O4. The molecule has 0 radical (unpaired) electrons. The average Bonchev–Trinajstić information content (AvgIpc) is 2.78. The van der Waals surface area contributed by atoms with E-state index in [9.17, 15) is 19.5 Å². The number of rotatable bonds is 4. The van der Waals surface area contributed by atoms with E-state index >= 15 is 0 Å². The first-order valence-corrected chi connectivity index (χ1v) is 11.2. The van der Waals surface area contributed by atoms with Crippen LogP contribution in [0.4, 0.5) is 5.69 Å². The number of carbonyl (C=O) groups is 3. The van der Waals surface area contributed by atoms with E-state index in [4.69, 9.17) is 11.6 Å². The molecule has 6 nitrogen and oxygen atoms in total. The quantitative estimate of drug-likeness (QED) is 0.400. The van der Waals surface area contributed by atoms with E-state index in [0.717, 1.165) is 19.3 Å². The van der Waals surface area contributed by atoms with E-state index in [0.29, 0.717) is 24.2 Å². The molecule has 0 aromatic heterocycles. The van der Waals surface area contributed by atoms with Crippen molar-refractivity contribution in [3.8, 4) is 0 Å². The van der Waals surface area contributed by atoms with Crippen molar-refractivity contribution in [3.63, 3.8) is 0 Å². The van der Waals surface area contributed by atoms with E-state index in [1.54, 1.807) is 35.2 Å². The van der Waals surface area contributed by atoms with Crippen molar-refractivity contribution in [2.75, 3.05) is 11.4 Å². The summed E-state index contributed by atoms with van der Waals surface area (Å²) in [4.78, 5) is 40.2. The van der Waals surface area contributed by atoms with Gasteiger partial charge in [0.15, 0.2) is 0 Å². The predicted molar refractivity (Wildman–Crippen MR) is 123 cm³/mol. The van der Waals surface area contributed by atoms with Gasteiger partial charge in [-0.25, -0.2) is 0 Å². The molecule has 0 spiro atoms. The van der Waals surface area contributed by atoms with E-state index < -0.39 is 11.7 Å². The number of ketones is 1. The van der Waals surface area contributed by atoms with Gasteiger partial charge in [-0.1, -0.05) is 42.3 Å². The Labute approximate surface area is 191 Å². The summed E-state index contributed by atoms with van der Waals surface area (Å²) in [7, 11) is 0. The molecule has 2 unspecified atom stereocenters. The van der Waals surface area contributed by atoms with Crippen molar-refractivity contribution in [3.05, 3.63) is 76.0 Å². The van der Waals surface area contributed by atoms with Gasteiger partial charge in [0.05, 0.1) is 16.3 Å². The number of hydrogen-bond acceptors (Lipinski definition) is 4. The van der Waals surface area contributed by atoms with Crippen LogP contribution in [0.1, 0.15) is 53.3 Å². The number of aliphatic hydroxyl groups excluding tert-OH is 1. The standard InChI is InChI=1S/C25H25ClN2O4/c1-15(29)21-23(30)22-19(26)11-6-12-20(22)28(25(21)32)18-10-5-7-16(13-18)14-27-24(31)17-8-3-2-4-9-17/h2-4,6,8-9,11-12,16,18,29H,5,7,10,13-14H2,1H3,(H,27,31)/b21-15-. The van der Waals surface area contributed by atoms with Crippen LogP contribution in [0.5, 0.6) is 0 Å². The summed E-state index contributed by atoms with van der Waals surface area (Å²) in [6.45, 7) is 1.85. The first-order valence-electron chi connectivity index (χ1n) is 10.8. The number of anilines is 1. The number of hydrogen-bond donors (Lipinski definition) is 2. The van der Waals surface area contributed by atoms with E-state index in [-0.39, 0.29) is 39.8 Å². The van der Waals surface area contributed by atoms with Crippen molar-refractivity contribution in [2.45, 2.75) is 38.6 Å². The summed E-state index contributed by atoms with van der Waals surface area (Å²) in [6.07, 6.45) is 3.28. The van der Waals surface area contributed by atoms with Gasteiger partial charge in [-0.15, -0.1) is 0 Å². The summed E-state index contributed by atoms with van der Waals surface area (Å²) in [5.41, 5.74) is 1.11. The summed E-state index contributed by atoms with van der Waals surface area (Å²) in [5.74, 6) is -1.28. The van der Waals surface area contributed by atoms with E-state index in [2.05, 4.69) is 5.32 Å². The topological polar surface area (TPSA) is 86.7 Å².